The average Bonchev–Trinajstić information content (AvgIpc) is 3.18. The lowest BCUT2D eigenvalue weighted by atomic mass is 10.1. The first kappa shape index (κ1) is 16.8. The number of nitrogens with zero attached hydrogens (tertiary/aromatic N) is 3. The fourth-order valence-electron chi connectivity index (χ4n) is 2.71. The Hall–Kier alpha value is -0.590. The zero-order valence-electron chi connectivity index (χ0n) is 12.0. The van der Waals surface area contributed by atoms with E-state index in [0.717, 1.165) is 42.9 Å². The van der Waals surface area contributed by atoms with Crippen molar-refractivity contribution < 1.29 is 4.79 Å². The molecule has 0 unspecified atom stereocenters. The van der Waals surface area contributed by atoms with Crippen LogP contribution in [0, 0.1) is 5.92 Å². The molecule has 0 spiro atoms. The maximum absolute atomic E-state index is 12.1. The Morgan fingerprint density at radius 1 is 1.33 bits per heavy atom. The summed E-state index contributed by atoms with van der Waals surface area (Å²) in [4.78, 5) is 14.1. The third-order valence-electron chi connectivity index (χ3n) is 4.17. The molecule has 1 aromatic heterocycles. The minimum Gasteiger partial charge on any atom is -0.341 e. The Morgan fingerprint density at radius 2 is 2.05 bits per heavy atom. The van der Waals surface area contributed by atoms with Crippen molar-refractivity contribution in [1.29, 1.82) is 0 Å². The number of likely N-dealkylation sites (tertiary alicyclic amines) is 1. The maximum Gasteiger partial charge on any atom is 0.236 e. The van der Waals surface area contributed by atoms with E-state index in [2.05, 4.69) is 26.3 Å². The summed E-state index contributed by atoms with van der Waals surface area (Å²) < 4.78 is 3.03. The lowest BCUT2D eigenvalue weighted by molar-refractivity contribution is -0.131. The quantitative estimate of drug-likeness (QED) is 0.856. The van der Waals surface area contributed by atoms with Crippen LogP contribution in [0.15, 0.2) is 16.9 Å². The number of halogens is 2. The van der Waals surface area contributed by atoms with E-state index < -0.39 is 0 Å². The van der Waals surface area contributed by atoms with E-state index in [4.69, 9.17) is 0 Å². The summed E-state index contributed by atoms with van der Waals surface area (Å²) in [5.74, 6) is 1.07. The van der Waals surface area contributed by atoms with Crippen molar-refractivity contribution in [2.24, 2.45) is 5.92 Å². The normalized spacial score (nSPS) is 19.4. The van der Waals surface area contributed by atoms with Crippen LogP contribution in [0.1, 0.15) is 31.7 Å². The Balaban J connectivity index is 0.00000161. The number of aromatic nitrogens is 2. The summed E-state index contributed by atoms with van der Waals surface area (Å²) in [5.41, 5.74) is 0. The molecule has 7 heteroatoms. The summed E-state index contributed by atoms with van der Waals surface area (Å²) in [6.07, 6.45) is 8.46. The maximum atomic E-state index is 12.1. The number of hydrogen-bond donors (Lipinski definition) is 1. The van der Waals surface area contributed by atoms with Crippen LogP contribution in [-0.2, 0) is 4.79 Å². The molecule has 2 fully saturated rings. The second kappa shape index (κ2) is 7.61. The van der Waals surface area contributed by atoms with E-state index >= 15 is 0 Å². The molecule has 0 radical (unpaired) electrons. The molecule has 1 N–H and O–H groups in total. The number of amides is 1. The molecular formula is C14H22BrClN4O. The van der Waals surface area contributed by atoms with E-state index in [0.29, 0.717) is 12.6 Å². The van der Waals surface area contributed by atoms with Crippen molar-refractivity contribution in [3.8, 4) is 0 Å². The molecule has 1 saturated heterocycles. The van der Waals surface area contributed by atoms with Crippen molar-refractivity contribution in [3.63, 3.8) is 0 Å². The van der Waals surface area contributed by atoms with E-state index in [1.807, 2.05) is 22.0 Å². The van der Waals surface area contributed by atoms with Gasteiger partial charge >= 0.3 is 0 Å². The first-order valence-electron chi connectivity index (χ1n) is 7.40. The predicted molar refractivity (Wildman–Crippen MR) is 87.6 cm³/mol. The van der Waals surface area contributed by atoms with E-state index in [1.54, 1.807) is 0 Å². The Morgan fingerprint density at radius 3 is 2.62 bits per heavy atom. The van der Waals surface area contributed by atoms with Crippen LogP contribution in [0.25, 0.3) is 0 Å². The van der Waals surface area contributed by atoms with Crippen molar-refractivity contribution in [2.75, 3.05) is 26.2 Å². The van der Waals surface area contributed by atoms with Crippen LogP contribution >= 0.6 is 28.3 Å². The fraction of sp³-hybridized carbons (Fsp3) is 0.714. The molecule has 0 atom stereocenters. The van der Waals surface area contributed by atoms with Gasteiger partial charge in [0.1, 0.15) is 0 Å². The molecule has 2 heterocycles. The molecule has 0 bridgehead atoms. The number of hydrogen-bond acceptors (Lipinski definition) is 3. The predicted octanol–water partition coefficient (Wildman–Crippen LogP) is 2.23. The first-order valence-corrected chi connectivity index (χ1v) is 8.20. The highest BCUT2D eigenvalue weighted by atomic mass is 79.9. The Kier molecular flexibility index (Phi) is 6.08. The lowest BCUT2D eigenvalue weighted by Crippen LogP contribution is -2.43. The Labute approximate surface area is 140 Å². The van der Waals surface area contributed by atoms with Gasteiger partial charge in [-0.2, -0.15) is 5.10 Å². The molecule has 1 aromatic rings. The summed E-state index contributed by atoms with van der Waals surface area (Å²) >= 11 is 3.42. The van der Waals surface area contributed by atoms with Gasteiger partial charge in [0.15, 0.2) is 0 Å². The first-order chi connectivity index (χ1) is 9.72. The standard InChI is InChI=1S/C14H21BrN4O.ClH/c15-12-8-17-19(10-12)13-3-5-18(6-4-13)14(20)9-16-7-11-1-2-11;/h8,10-11,13,16H,1-7,9H2;1H. The second-order valence-electron chi connectivity index (χ2n) is 5.82. The monoisotopic (exact) mass is 376 g/mol. The summed E-state index contributed by atoms with van der Waals surface area (Å²) in [7, 11) is 0. The molecule has 1 aliphatic carbocycles. The zero-order valence-corrected chi connectivity index (χ0v) is 14.4. The van der Waals surface area contributed by atoms with Crippen LogP contribution in [0.5, 0.6) is 0 Å². The van der Waals surface area contributed by atoms with E-state index in [-0.39, 0.29) is 18.3 Å². The van der Waals surface area contributed by atoms with Crippen molar-refractivity contribution in [3.05, 3.63) is 16.9 Å². The molecule has 5 nitrogen and oxygen atoms in total. The SMILES string of the molecule is Cl.O=C(CNCC1CC1)N1CCC(n2cc(Br)cn2)CC1. The lowest BCUT2D eigenvalue weighted by Gasteiger charge is -2.32. The van der Waals surface area contributed by atoms with Gasteiger partial charge in [-0.3, -0.25) is 9.48 Å². The van der Waals surface area contributed by atoms with Crippen LogP contribution in [0.4, 0.5) is 0 Å². The highest BCUT2D eigenvalue weighted by Crippen LogP contribution is 2.27. The summed E-state index contributed by atoms with van der Waals surface area (Å²) in [5, 5.41) is 7.61. The van der Waals surface area contributed by atoms with Gasteiger partial charge in [-0.1, -0.05) is 0 Å². The van der Waals surface area contributed by atoms with Gasteiger partial charge in [-0.05, 0) is 54.1 Å². The van der Waals surface area contributed by atoms with Crippen LogP contribution in [0.3, 0.4) is 0 Å². The van der Waals surface area contributed by atoms with Crippen molar-refractivity contribution >= 4 is 34.2 Å². The van der Waals surface area contributed by atoms with Gasteiger partial charge in [0, 0.05) is 19.3 Å². The van der Waals surface area contributed by atoms with E-state index in [1.165, 1.54) is 12.8 Å². The molecule has 21 heavy (non-hydrogen) atoms. The number of carbonyl (C=O) groups excluding carboxylic acids is 1. The third-order valence-corrected chi connectivity index (χ3v) is 4.58. The molecule has 0 aromatic carbocycles. The number of carbonyl (C=O) groups is 1. The molecule has 3 rings (SSSR count). The molecule has 2 aliphatic rings. The van der Waals surface area contributed by atoms with Crippen LogP contribution in [-0.4, -0.2) is 46.8 Å². The molecular weight excluding hydrogens is 356 g/mol. The highest BCUT2D eigenvalue weighted by Gasteiger charge is 2.25. The van der Waals surface area contributed by atoms with Crippen LogP contribution < -0.4 is 5.32 Å². The topological polar surface area (TPSA) is 50.2 Å². The van der Waals surface area contributed by atoms with Gasteiger partial charge in [0.05, 0.1) is 23.3 Å². The minimum absolute atomic E-state index is 0. The molecule has 1 aliphatic heterocycles. The van der Waals surface area contributed by atoms with Gasteiger partial charge in [-0.15, -0.1) is 12.4 Å². The summed E-state index contributed by atoms with van der Waals surface area (Å²) in [6, 6.07) is 0.421. The molecule has 1 saturated carbocycles. The van der Waals surface area contributed by atoms with Gasteiger partial charge in [-0.25, -0.2) is 0 Å². The smallest absolute Gasteiger partial charge is 0.236 e. The van der Waals surface area contributed by atoms with Crippen LogP contribution in [0.2, 0.25) is 0 Å². The van der Waals surface area contributed by atoms with E-state index in [9.17, 15) is 4.79 Å². The summed E-state index contributed by atoms with van der Waals surface area (Å²) in [6.45, 7) is 3.18. The Bertz CT molecular complexity index is 469. The van der Waals surface area contributed by atoms with Crippen molar-refractivity contribution in [1.82, 2.24) is 20.0 Å². The largest absolute Gasteiger partial charge is 0.341 e. The number of piperidine rings is 1. The number of nitrogens with one attached hydrogen (secondary N) is 1. The molecule has 1 amide bonds. The fourth-order valence-corrected chi connectivity index (χ4v) is 3.01. The number of rotatable bonds is 5. The van der Waals surface area contributed by atoms with Gasteiger partial charge in [0.2, 0.25) is 5.91 Å². The van der Waals surface area contributed by atoms with Crippen molar-refractivity contribution in [2.45, 2.75) is 31.7 Å². The average molecular weight is 378 g/mol. The van der Waals surface area contributed by atoms with Gasteiger partial charge < -0.3 is 10.2 Å². The second-order valence-corrected chi connectivity index (χ2v) is 6.74. The molecule has 118 valence electrons. The zero-order chi connectivity index (χ0) is 13.9. The minimum atomic E-state index is 0. The highest BCUT2D eigenvalue weighted by molar-refractivity contribution is 9.10. The van der Waals surface area contributed by atoms with Gasteiger partial charge in [0.25, 0.3) is 0 Å². The third kappa shape index (κ3) is 4.69.